The van der Waals surface area contributed by atoms with Gasteiger partial charge in [0.1, 0.15) is 18.3 Å². The highest BCUT2D eigenvalue weighted by Gasteiger charge is 2.59. The topological polar surface area (TPSA) is 36.9 Å². The molecule has 0 unspecified atom stereocenters. The second-order valence-electron chi connectivity index (χ2n) is 3.64. The van der Waals surface area contributed by atoms with Gasteiger partial charge < -0.3 is 18.9 Å². The van der Waals surface area contributed by atoms with Gasteiger partial charge in [0.2, 0.25) is 0 Å². The molecule has 4 nitrogen and oxygen atoms in total. The first-order chi connectivity index (χ1) is 6.42. The van der Waals surface area contributed by atoms with Crippen molar-refractivity contribution in [1.82, 2.24) is 0 Å². The van der Waals surface area contributed by atoms with Gasteiger partial charge in [-0.05, 0) is 13.8 Å². The molecule has 3 saturated heterocycles. The molecule has 3 heterocycles. The molecular weight excluding hydrogens is 160 g/mol. The lowest BCUT2D eigenvalue weighted by Gasteiger charge is -2.19. The van der Waals surface area contributed by atoms with E-state index in [0.29, 0.717) is 0 Å². The predicted octanol–water partition coefficient (Wildman–Crippen LogP) is 0.262. The predicted molar refractivity (Wildman–Crippen MR) is 38.4 cm³/mol. The Labute approximate surface area is 73.5 Å². The van der Waals surface area contributed by atoms with Crippen LogP contribution in [0, 0.1) is 0 Å². The largest absolute Gasteiger partial charge is 0.347 e. The Balaban J connectivity index is 1.96. The van der Waals surface area contributed by atoms with Gasteiger partial charge >= 0.3 is 0 Å². The summed E-state index contributed by atoms with van der Waals surface area (Å²) in [6.45, 7) is 2.66. The molecule has 0 amide bonds. The first kappa shape index (κ1) is 5.54. The van der Waals surface area contributed by atoms with Crippen molar-refractivity contribution in [2.75, 3.05) is 6.58 Å². The standard InChI is InChI=1S/C8H12O4/c1-8(2)11-5-4-3-9-7(10-4)6(5)12-8/h4-7H,3H2,1-2H3/t4-,5-,6-,7-/m1/s1/i3D,5D/t3-,4-,5-,6-,7-. The van der Waals surface area contributed by atoms with Gasteiger partial charge in [-0.15, -0.1) is 0 Å². The van der Waals surface area contributed by atoms with Gasteiger partial charge in [-0.25, -0.2) is 0 Å². The van der Waals surface area contributed by atoms with Crippen LogP contribution >= 0.6 is 0 Å². The smallest absolute Gasteiger partial charge is 0.187 e. The Morgan fingerprint density at radius 1 is 1.50 bits per heavy atom. The number of rotatable bonds is 0. The van der Waals surface area contributed by atoms with Gasteiger partial charge in [-0.2, -0.15) is 0 Å². The number of hydrogen-bond donors (Lipinski definition) is 0. The molecule has 68 valence electrons. The Morgan fingerprint density at radius 2 is 2.33 bits per heavy atom. The van der Waals surface area contributed by atoms with E-state index in [1.165, 1.54) is 0 Å². The van der Waals surface area contributed by atoms with Gasteiger partial charge in [-0.1, -0.05) is 0 Å². The maximum absolute atomic E-state index is 8.10. The first-order valence-electron chi connectivity index (χ1n) is 5.11. The summed E-state index contributed by atoms with van der Waals surface area (Å²) >= 11 is 0. The van der Waals surface area contributed by atoms with E-state index < -0.39 is 36.9 Å². The summed E-state index contributed by atoms with van der Waals surface area (Å²) in [6, 6.07) is 0. The molecule has 0 radical (unpaired) electrons. The maximum atomic E-state index is 8.10. The van der Waals surface area contributed by atoms with Crippen LogP contribution in [0.5, 0.6) is 0 Å². The molecule has 0 aromatic rings. The maximum Gasteiger partial charge on any atom is 0.187 e. The van der Waals surface area contributed by atoms with E-state index >= 15 is 0 Å². The molecule has 0 aromatic heterocycles. The van der Waals surface area contributed by atoms with Crippen LogP contribution < -0.4 is 0 Å². The molecule has 0 aliphatic carbocycles. The van der Waals surface area contributed by atoms with E-state index in [0.717, 1.165) is 0 Å². The van der Waals surface area contributed by atoms with Crippen LogP contribution in [0.25, 0.3) is 0 Å². The van der Waals surface area contributed by atoms with Crippen molar-refractivity contribution < 1.29 is 21.7 Å². The molecule has 3 fully saturated rings. The number of fused-ring (bicyclic) bond motifs is 5. The fourth-order valence-electron chi connectivity index (χ4n) is 1.77. The Hall–Kier alpha value is -0.160. The lowest BCUT2D eigenvalue weighted by atomic mass is 10.1. The van der Waals surface area contributed by atoms with E-state index in [9.17, 15) is 0 Å². The van der Waals surface area contributed by atoms with E-state index in [1.54, 1.807) is 13.8 Å². The lowest BCUT2D eigenvalue weighted by Crippen LogP contribution is -2.37. The number of hydrogen-bond acceptors (Lipinski definition) is 4. The van der Waals surface area contributed by atoms with Gasteiger partial charge in [0.15, 0.2) is 12.1 Å². The summed E-state index contributed by atoms with van der Waals surface area (Å²) in [7, 11) is 0. The molecule has 12 heavy (non-hydrogen) atoms. The highest BCUT2D eigenvalue weighted by molar-refractivity contribution is 4.98. The zero-order valence-corrected chi connectivity index (χ0v) is 6.94. The van der Waals surface area contributed by atoms with Crippen molar-refractivity contribution in [3.05, 3.63) is 0 Å². The Kier molecular flexibility index (Phi) is 0.930. The quantitative estimate of drug-likeness (QED) is 0.528. The van der Waals surface area contributed by atoms with Crippen LogP contribution in [0.1, 0.15) is 16.6 Å². The van der Waals surface area contributed by atoms with Crippen LogP contribution in [0.4, 0.5) is 0 Å². The first-order valence-corrected chi connectivity index (χ1v) is 4.03. The minimum absolute atomic E-state index is 0.538. The molecular formula is C8H12O4. The van der Waals surface area contributed by atoms with Gasteiger partial charge in [0.05, 0.1) is 9.32 Å². The zero-order chi connectivity index (χ0) is 10.1. The molecule has 2 bridgehead atoms. The average Bonchev–Trinajstić information content (AvgIpc) is 2.55. The minimum atomic E-state index is -1.28. The van der Waals surface area contributed by atoms with Gasteiger partial charge in [-0.3, -0.25) is 0 Å². The summed E-state index contributed by atoms with van der Waals surface area (Å²) < 4.78 is 37.1. The van der Waals surface area contributed by atoms with Crippen molar-refractivity contribution in [3.8, 4) is 0 Å². The average molecular weight is 174 g/mol. The van der Waals surface area contributed by atoms with Crippen molar-refractivity contribution in [1.29, 1.82) is 0 Å². The molecule has 3 rings (SSSR count). The third kappa shape index (κ3) is 0.808. The second-order valence-corrected chi connectivity index (χ2v) is 3.64. The lowest BCUT2D eigenvalue weighted by molar-refractivity contribution is -0.192. The van der Waals surface area contributed by atoms with Crippen molar-refractivity contribution >= 4 is 0 Å². The SMILES string of the molecule is [2H][C@H]1O[C@@H]2O[C@H]1[C@@]1([2H])OC(C)(C)O[C@@H]21. The van der Waals surface area contributed by atoms with Crippen LogP contribution in [0.3, 0.4) is 0 Å². The van der Waals surface area contributed by atoms with Crippen molar-refractivity contribution in [2.24, 2.45) is 0 Å². The summed E-state index contributed by atoms with van der Waals surface area (Å²) in [5.74, 6) is -0.792. The molecule has 3 aliphatic heterocycles. The van der Waals surface area contributed by atoms with Gasteiger partial charge in [0.25, 0.3) is 0 Å². The van der Waals surface area contributed by atoms with E-state index in [2.05, 4.69) is 0 Å². The third-order valence-electron chi connectivity index (χ3n) is 2.20. The normalized spacial score (nSPS) is 69.2. The molecule has 0 N–H and O–H groups in total. The number of ether oxygens (including phenoxy) is 4. The monoisotopic (exact) mass is 174 g/mol. The fraction of sp³-hybridized carbons (Fsp3) is 1.00. The van der Waals surface area contributed by atoms with Gasteiger partial charge in [0, 0.05) is 0 Å². The van der Waals surface area contributed by atoms with E-state index in [-0.39, 0.29) is 0 Å². The molecule has 0 aromatic carbocycles. The summed E-state index contributed by atoms with van der Waals surface area (Å²) in [6.07, 6.45) is -3.11. The van der Waals surface area contributed by atoms with Crippen LogP contribution in [-0.2, 0) is 18.9 Å². The van der Waals surface area contributed by atoms with Crippen molar-refractivity contribution in [3.63, 3.8) is 0 Å². The second kappa shape index (κ2) is 2.01. The summed E-state index contributed by atoms with van der Waals surface area (Å²) in [5.41, 5.74) is 0. The summed E-state index contributed by atoms with van der Waals surface area (Å²) in [5, 5.41) is 0. The van der Waals surface area contributed by atoms with E-state index in [1.807, 2.05) is 0 Å². The van der Waals surface area contributed by atoms with Crippen LogP contribution in [-0.4, -0.2) is 36.9 Å². The van der Waals surface area contributed by atoms with Crippen molar-refractivity contribution in [2.45, 2.75) is 44.2 Å². The van der Waals surface area contributed by atoms with Crippen LogP contribution in [0.15, 0.2) is 0 Å². The van der Waals surface area contributed by atoms with Crippen LogP contribution in [0.2, 0.25) is 0 Å². The molecule has 5 atom stereocenters. The minimum Gasteiger partial charge on any atom is -0.347 e. The van der Waals surface area contributed by atoms with E-state index in [4.69, 9.17) is 21.7 Å². The summed E-state index contributed by atoms with van der Waals surface area (Å²) in [4.78, 5) is 0. The Morgan fingerprint density at radius 3 is 3.17 bits per heavy atom. The molecule has 0 saturated carbocycles. The molecule has 3 aliphatic rings. The zero-order valence-electron chi connectivity index (χ0n) is 8.94. The fourth-order valence-corrected chi connectivity index (χ4v) is 1.77. The highest BCUT2D eigenvalue weighted by atomic mass is 16.8. The molecule has 4 heteroatoms. The highest BCUT2D eigenvalue weighted by Crippen LogP contribution is 2.42. The molecule has 0 spiro atoms. The third-order valence-corrected chi connectivity index (χ3v) is 2.20. The Bertz CT molecular complexity index is 285.